The van der Waals surface area contributed by atoms with Gasteiger partial charge in [0.15, 0.2) is 11.3 Å². The molecule has 0 aliphatic heterocycles. The van der Waals surface area contributed by atoms with E-state index in [4.69, 9.17) is 20.3 Å². The van der Waals surface area contributed by atoms with Crippen LogP contribution >= 0.6 is 0 Å². The number of ether oxygens (including phenoxy) is 1. The van der Waals surface area contributed by atoms with Gasteiger partial charge in [0, 0.05) is 5.39 Å². The van der Waals surface area contributed by atoms with Gasteiger partial charge in [-0.15, -0.1) is 0 Å². The van der Waals surface area contributed by atoms with Crippen LogP contribution in [0.2, 0.25) is 0 Å². The minimum absolute atomic E-state index is 0.0398. The molecular formula is C10H10N2O2. The molecule has 1 aromatic carbocycles. The predicted octanol–water partition coefficient (Wildman–Crippen LogP) is 1.50. The molecule has 4 nitrogen and oxygen atoms in total. The number of nitrogen functional groups attached to an aromatic ring is 1. The lowest BCUT2D eigenvalue weighted by atomic mass is 10.2. The van der Waals surface area contributed by atoms with Gasteiger partial charge in [-0.05, 0) is 12.1 Å². The van der Waals surface area contributed by atoms with Crippen molar-refractivity contribution in [3.05, 3.63) is 29.8 Å². The van der Waals surface area contributed by atoms with Crippen LogP contribution in [0.3, 0.4) is 0 Å². The Hall–Kier alpha value is -1.97. The fourth-order valence-electron chi connectivity index (χ4n) is 1.31. The Labute approximate surface area is 80.4 Å². The lowest BCUT2D eigenvalue weighted by Crippen LogP contribution is -2.06. The Morgan fingerprint density at radius 3 is 2.93 bits per heavy atom. The highest BCUT2D eigenvalue weighted by molar-refractivity contribution is 5.84. The summed E-state index contributed by atoms with van der Waals surface area (Å²) in [6.07, 6.45) is 0. The second-order valence-electron chi connectivity index (χ2n) is 2.91. The number of methoxy groups -OCH3 is 1. The smallest absolute Gasteiger partial charge is 0.235 e. The second kappa shape index (κ2) is 3.06. The van der Waals surface area contributed by atoms with Crippen molar-refractivity contribution in [2.45, 2.75) is 0 Å². The molecule has 0 saturated carbocycles. The molecule has 3 N–H and O–H groups in total. The van der Waals surface area contributed by atoms with Gasteiger partial charge < -0.3 is 14.9 Å². The van der Waals surface area contributed by atoms with E-state index in [1.54, 1.807) is 19.2 Å². The topological polar surface area (TPSA) is 72.2 Å². The van der Waals surface area contributed by atoms with Crippen molar-refractivity contribution in [3.8, 4) is 5.75 Å². The summed E-state index contributed by atoms with van der Waals surface area (Å²) in [5.74, 6) is 0.607. The van der Waals surface area contributed by atoms with Crippen LogP contribution in [0.4, 0.5) is 5.69 Å². The van der Waals surface area contributed by atoms with Crippen LogP contribution in [0.1, 0.15) is 0 Å². The van der Waals surface area contributed by atoms with Crippen LogP contribution in [-0.4, -0.2) is 7.11 Å². The number of anilines is 1. The Kier molecular flexibility index (Phi) is 1.89. The largest absolute Gasteiger partial charge is 0.493 e. The van der Waals surface area contributed by atoms with E-state index in [2.05, 4.69) is 0 Å². The molecule has 2 aromatic rings. The lowest BCUT2D eigenvalue weighted by Gasteiger charge is -2.04. The summed E-state index contributed by atoms with van der Waals surface area (Å²) in [6.45, 7) is 0. The third-order valence-electron chi connectivity index (χ3n) is 2.01. The minimum atomic E-state index is -0.0398. The highest BCUT2D eigenvalue weighted by Gasteiger charge is 2.04. The minimum Gasteiger partial charge on any atom is -0.493 e. The molecule has 2 rings (SSSR count). The molecule has 4 heteroatoms. The summed E-state index contributed by atoms with van der Waals surface area (Å²) in [7, 11) is 1.56. The number of fused-ring (bicyclic) bond motifs is 1. The van der Waals surface area contributed by atoms with Gasteiger partial charge in [0.25, 0.3) is 0 Å². The zero-order chi connectivity index (χ0) is 10.1. The Morgan fingerprint density at radius 1 is 1.43 bits per heavy atom. The Bertz CT molecular complexity index is 531. The Morgan fingerprint density at radius 2 is 2.21 bits per heavy atom. The number of hydrogen-bond donors (Lipinski definition) is 2. The van der Waals surface area contributed by atoms with E-state index >= 15 is 0 Å². The van der Waals surface area contributed by atoms with E-state index in [1.165, 1.54) is 0 Å². The van der Waals surface area contributed by atoms with Gasteiger partial charge in [-0.3, -0.25) is 5.41 Å². The van der Waals surface area contributed by atoms with Crippen molar-refractivity contribution in [1.82, 2.24) is 0 Å². The highest BCUT2D eigenvalue weighted by atomic mass is 16.5. The summed E-state index contributed by atoms with van der Waals surface area (Å²) in [5, 5.41) is 8.26. The molecule has 0 radical (unpaired) electrons. The average Bonchev–Trinajstić information content (AvgIpc) is 2.19. The molecule has 0 spiro atoms. The molecule has 0 bridgehead atoms. The average molecular weight is 190 g/mol. The van der Waals surface area contributed by atoms with E-state index in [-0.39, 0.29) is 5.55 Å². The lowest BCUT2D eigenvalue weighted by molar-refractivity contribution is 0.405. The number of hydrogen-bond acceptors (Lipinski definition) is 4. The third kappa shape index (κ3) is 1.21. The van der Waals surface area contributed by atoms with Crippen LogP contribution < -0.4 is 16.0 Å². The van der Waals surface area contributed by atoms with E-state index in [9.17, 15) is 0 Å². The van der Waals surface area contributed by atoms with Gasteiger partial charge in [-0.1, -0.05) is 12.1 Å². The van der Waals surface area contributed by atoms with Crippen molar-refractivity contribution in [3.63, 3.8) is 0 Å². The fraction of sp³-hybridized carbons (Fsp3) is 0.100. The molecule has 1 heterocycles. The SMILES string of the molecule is COc1cccc2cc(N)c(=N)oc12. The van der Waals surface area contributed by atoms with Crippen LogP contribution in [0, 0.1) is 5.41 Å². The van der Waals surface area contributed by atoms with Gasteiger partial charge in [0.1, 0.15) is 0 Å². The van der Waals surface area contributed by atoms with Gasteiger partial charge >= 0.3 is 0 Å². The van der Waals surface area contributed by atoms with E-state index in [0.29, 0.717) is 17.0 Å². The van der Waals surface area contributed by atoms with Gasteiger partial charge in [-0.25, -0.2) is 0 Å². The second-order valence-corrected chi connectivity index (χ2v) is 2.91. The van der Waals surface area contributed by atoms with Crippen LogP contribution in [0.15, 0.2) is 28.7 Å². The molecule has 0 aliphatic carbocycles. The number of nitrogens with two attached hydrogens (primary N) is 1. The van der Waals surface area contributed by atoms with Crippen LogP contribution in [-0.2, 0) is 0 Å². The molecule has 0 aliphatic rings. The first-order valence-corrected chi connectivity index (χ1v) is 4.13. The van der Waals surface area contributed by atoms with E-state index in [1.807, 2.05) is 12.1 Å². The van der Waals surface area contributed by atoms with Crippen LogP contribution in [0.5, 0.6) is 5.75 Å². The first-order valence-electron chi connectivity index (χ1n) is 4.13. The van der Waals surface area contributed by atoms with Crippen molar-refractivity contribution >= 4 is 16.7 Å². The normalized spacial score (nSPS) is 10.4. The summed E-state index contributed by atoms with van der Waals surface area (Å²) in [6, 6.07) is 7.18. The maximum absolute atomic E-state index is 7.43. The molecule has 0 amide bonds. The van der Waals surface area contributed by atoms with Crippen molar-refractivity contribution in [2.75, 3.05) is 12.8 Å². The predicted molar refractivity (Wildman–Crippen MR) is 53.0 cm³/mol. The van der Waals surface area contributed by atoms with Gasteiger partial charge in [0.05, 0.1) is 12.8 Å². The maximum Gasteiger partial charge on any atom is 0.235 e. The van der Waals surface area contributed by atoms with Crippen molar-refractivity contribution in [2.24, 2.45) is 0 Å². The molecule has 72 valence electrons. The molecule has 0 atom stereocenters. The molecule has 14 heavy (non-hydrogen) atoms. The van der Waals surface area contributed by atoms with E-state index < -0.39 is 0 Å². The van der Waals surface area contributed by atoms with E-state index in [0.717, 1.165) is 5.39 Å². The zero-order valence-electron chi connectivity index (χ0n) is 7.70. The maximum atomic E-state index is 7.43. The molecule has 1 aromatic heterocycles. The number of para-hydroxylation sites is 1. The Balaban J connectivity index is 2.88. The first kappa shape index (κ1) is 8.62. The van der Waals surface area contributed by atoms with Gasteiger partial charge in [-0.2, -0.15) is 0 Å². The zero-order valence-corrected chi connectivity index (χ0v) is 7.70. The van der Waals surface area contributed by atoms with Crippen LogP contribution in [0.25, 0.3) is 11.0 Å². The van der Waals surface area contributed by atoms with Crippen molar-refractivity contribution in [1.29, 1.82) is 5.41 Å². The molecular weight excluding hydrogens is 180 g/mol. The summed E-state index contributed by atoms with van der Waals surface area (Å²) >= 11 is 0. The number of rotatable bonds is 1. The molecule has 0 fully saturated rings. The molecule has 0 unspecified atom stereocenters. The highest BCUT2D eigenvalue weighted by Crippen LogP contribution is 2.24. The standard InChI is InChI=1S/C10H10N2O2/c1-13-8-4-2-3-6-5-7(11)10(12)14-9(6)8/h2-5,12H,11H2,1H3. The quantitative estimate of drug-likeness (QED) is 0.715. The summed E-state index contributed by atoms with van der Waals surface area (Å²) in [5.41, 5.74) is 6.39. The van der Waals surface area contributed by atoms with Gasteiger partial charge in [0.2, 0.25) is 5.55 Å². The van der Waals surface area contributed by atoms with Crippen molar-refractivity contribution < 1.29 is 9.15 Å². The monoisotopic (exact) mass is 190 g/mol. The molecule has 0 saturated heterocycles. The summed E-state index contributed by atoms with van der Waals surface area (Å²) in [4.78, 5) is 0. The fourth-order valence-corrected chi connectivity index (χ4v) is 1.31. The summed E-state index contributed by atoms with van der Waals surface area (Å²) < 4.78 is 10.3. The number of nitrogens with one attached hydrogen (secondary N) is 1. The number of benzene rings is 1. The first-order chi connectivity index (χ1) is 6.72. The third-order valence-corrected chi connectivity index (χ3v) is 2.01.